The van der Waals surface area contributed by atoms with Gasteiger partial charge in [0.1, 0.15) is 0 Å². The Morgan fingerprint density at radius 2 is 1.67 bits per heavy atom. The Balaban J connectivity index is 3.17. The molecule has 1 rings (SSSR count). The van der Waals surface area contributed by atoms with Crippen molar-refractivity contribution in [2.24, 2.45) is 0 Å². The summed E-state index contributed by atoms with van der Waals surface area (Å²) in [6.07, 6.45) is -6.05. The monoisotopic (exact) mass is 312 g/mol. The van der Waals surface area contributed by atoms with Crippen LogP contribution in [0.3, 0.4) is 0 Å². The zero-order valence-electron chi connectivity index (χ0n) is 10.7. The molecule has 0 atom stereocenters. The van der Waals surface area contributed by atoms with E-state index in [-0.39, 0.29) is 11.1 Å². The van der Waals surface area contributed by atoms with E-state index in [4.69, 9.17) is 0 Å². The number of hydrogen-bond acceptors (Lipinski definition) is 3. The molecule has 10 heteroatoms. The van der Waals surface area contributed by atoms with E-state index in [9.17, 15) is 36.9 Å². The average Bonchev–Trinajstić information content (AvgIpc) is 2.30. The highest BCUT2D eigenvalue weighted by Crippen LogP contribution is 2.37. The molecular weight excluding hydrogens is 303 g/mol. The van der Waals surface area contributed by atoms with Crippen LogP contribution in [0.1, 0.15) is 11.1 Å². The zero-order chi connectivity index (χ0) is 16.6. The summed E-state index contributed by atoms with van der Waals surface area (Å²) in [5, 5.41) is 12.1. The first kappa shape index (κ1) is 16.8. The highest BCUT2D eigenvalue weighted by Gasteiger charge is 2.63. The van der Waals surface area contributed by atoms with Crippen molar-refractivity contribution in [1.82, 2.24) is 0 Å². The van der Waals surface area contributed by atoms with Crippen LogP contribution in [0, 0.1) is 24.0 Å². The minimum atomic E-state index is -6.05. The van der Waals surface area contributed by atoms with Gasteiger partial charge in [-0.2, -0.15) is 22.0 Å². The number of halogens is 5. The highest BCUT2D eigenvalue weighted by molar-refractivity contribution is 5.97. The minimum Gasteiger partial charge on any atom is -0.320 e. The Kier molecular flexibility index (Phi) is 4.21. The number of carbonyl (C=O) groups is 1. The second kappa shape index (κ2) is 5.26. The van der Waals surface area contributed by atoms with Gasteiger partial charge in [-0.25, -0.2) is 0 Å². The van der Waals surface area contributed by atoms with Crippen molar-refractivity contribution in [3.05, 3.63) is 33.4 Å². The molecule has 0 radical (unpaired) electrons. The lowest BCUT2D eigenvalue weighted by molar-refractivity contribution is -0.385. The van der Waals surface area contributed by atoms with Crippen LogP contribution in [-0.2, 0) is 4.79 Å². The van der Waals surface area contributed by atoms with Gasteiger partial charge in [-0.1, -0.05) is 0 Å². The molecule has 1 aromatic carbocycles. The van der Waals surface area contributed by atoms with Gasteiger partial charge in [0.15, 0.2) is 0 Å². The number of nitro benzene ring substituents is 1. The number of hydrogen-bond donors (Lipinski definition) is 1. The smallest absolute Gasteiger partial charge is 0.320 e. The molecule has 1 N–H and O–H groups in total. The number of aryl methyl sites for hydroxylation is 2. The number of nitrogens with one attached hydrogen (secondary N) is 1. The van der Waals surface area contributed by atoms with Gasteiger partial charge in [0, 0.05) is 11.6 Å². The molecule has 1 aromatic rings. The fourth-order valence-electron chi connectivity index (χ4n) is 1.50. The van der Waals surface area contributed by atoms with Crippen LogP contribution in [0.5, 0.6) is 0 Å². The van der Waals surface area contributed by atoms with E-state index in [0.29, 0.717) is 0 Å². The van der Waals surface area contributed by atoms with Crippen molar-refractivity contribution in [2.45, 2.75) is 25.9 Å². The van der Waals surface area contributed by atoms with Crippen LogP contribution >= 0.6 is 0 Å². The largest absolute Gasteiger partial charge is 0.463 e. The molecule has 0 aliphatic carbocycles. The molecule has 1 amide bonds. The first-order valence-electron chi connectivity index (χ1n) is 5.39. The van der Waals surface area contributed by atoms with Crippen molar-refractivity contribution in [1.29, 1.82) is 0 Å². The summed E-state index contributed by atoms with van der Waals surface area (Å²) in [6.45, 7) is 2.67. The minimum absolute atomic E-state index is 0.115. The molecule has 0 heterocycles. The molecule has 0 bridgehead atoms. The number of nitro groups is 1. The summed E-state index contributed by atoms with van der Waals surface area (Å²) in [7, 11) is 0. The molecule has 5 nitrogen and oxygen atoms in total. The summed E-state index contributed by atoms with van der Waals surface area (Å²) < 4.78 is 61.7. The summed E-state index contributed by atoms with van der Waals surface area (Å²) >= 11 is 0. The molecule has 0 unspecified atom stereocenters. The number of benzene rings is 1. The molecular formula is C11H9F5N2O3. The van der Waals surface area contributed by atoms with E-state index in [1.165, 1.54) is 25.2 Å². The highest BCUT2D eigenvalue weighted by atomic mass is 19.4. The third kappa shape index (κ3) is 3.26. The van der Waals surface area contributed by atoms with Gasteiger partial charge in [-0.05, 0) is 25.5 Å². The maximum atomic E-state index is 12.8. The van der Waals surface area contributed by atoms with Crippen LogP contribution in [-0.4, -0.2) is 22.9 Å². The van der Waals surface area contributed by atoms with Crippen molar-refractivity contribution in [3.63, 3.8) is 0 Å². The first-order chi connectivity index (χ1) is 9.37. The normalized spacial score (nSPS) is 12.1. The Bertz CT molecular complexity index is 598. The maximum absolute atomic E-state index is 12.8. The van der Waals surface area contributed by atoms with E-state index >= 15 is 0 Å². The van der Waals surface area contributed by atoms with Crippen molar-refractivity contribution < 1.29 is 31.7 Å². The van der Waals surface area contributed by atoms with Gasteiger partial charge >= 0.3 is 18.0 Å². The number of nitrogens with zero attached hydrogens (tertiary/aromatic N) is 1. The van der Waals surface area contributed by atoms with E-state index in [1.54, 1.807) is 0 Å². The predicted molar refractivity (Wildman–Crippen MR) is 62.2 cm³/mol. The SMILES string of the molecule is Cc1cc(C)c([N+](=O)[O-])cc1NC(=O)C(F)(F)C(F)(F)F. The van der Waals surface area contributed by atoms with Crippen LogP contribution < -0.4 is 5.32 Å². The molecule has 0 saturated carbocycles. The quantitative estimate of drug-likeness (QED) is 0.528. The van der Waals surface area contributed by atoms with Crippen molar-refractivity contribution in [3.8, 4) is 0 Å². The number of anilines is 1. The second-order valence-corrected chi connectivity index (χ2v) is 4.24. The zero-order valence-corrected chi connectivity index (χ0v) is 10.7. The van der Waals surface area contributed by atoms with Gasteiger partial charge in [0.2, 0.25) is 0 Å². The Morgan fingerprint density at radius 3 is 2.10 bits per heavy atom. The number of carbonyl (C=O) groups excluding carboxylic acids is 1. The van der Waals surface area contributed by atoms with Crippen molar-refractivity contribution >= 4 is 17.3 Å². The molecule has 0 spiro atoms. The van der Waals surface area contributed by atoms with Gasteiger partial charge in [0.25, 0.3) is 5.69 Å². The third-order valence-electron chi connectivity index (χ3n) is 2.63. The molecule has 21 heavy (non-hydrogen) atoms. The fraction of sp³-hybridized carbons (Fsp3) is 0.364. The molecule has 0 aliphatic heterocycles. The molecule has 116 valence electrons. The van der Waals surface area contributed by atoms with Gasteiger partial charge < -0.3 is 5.32 Å². The summed E-state index contributed by atoms with van der Waals surface area (Å²) in [4.78, 5) is 20.9. The summed E-state index contributed by atoms with van der Waals surface area (Å²) in [5.74, 6) is -8.20. The van der Waals surface area contributed by atoms with Gasteiger partial charge in [-0.3, -0.25) is 14.9 Å². The number of rotatable bonds is 3. The van der Waals surface area contributed by atoms with Gasteiger partial charge in [-0.15, -0.1) is 0 Å². The maximum Gasteiger partial charge on any atom is 0.463 e. The van der Waals surface area contributed by atoms with E-state index in [0.717, 1.165) is 6.07 Å². The lowest BCUT2D eigenvalue weighted by Gasteiger charge is -2.19. The van der Waals surface area contributed by atoms with E-state index in [2.05, 4.69) is 0 Å². The first-order valence-corrected chi connectivity index (χ1v) is 5.39. The van der Waals surface area contributed by atoms with E-state index in [1.807, 2.05) is 0 Å². The predicted octanol–water partition coefficient (Wildman–Crippen LogP) is 3.35. The van der Waals surface area contributed by atoms with Crippen molar-refractivity contribution in [2.75, 3.05) is 5.32 Å². The molecule has 0 aliphatic rings. The van der Waals surface area contributed by atoms with Gasteiger partial charge in [0.05, 0.1) is 10.6 Å². The Morgan fingerprint density at radius 1 is 1.14 bits per heavy atom. The molecule has 0 saturated heterocycles. The van der Waals surface area contributed by atoms with E-state index < -0.39 is 34.3 Å². The Hall–Kier alpha value is -2.26. The Labute approximate surface area is 114 Å². The standard InChI is InChI=1S/C11H9F5N2O3/c1-5-3-6(2)8(18(20)21)4-7(5)17-9(19)10(12,13)11(14,15)16/h3-4H,1-2H3,(H,17,19). The lowest BCUT2D eigenvalue weighted by Crippen LogP contribution is -2.47. The fourth-order valence-corrected chi connectivity index (χ4v) is 1.50. The lowest BCUT2D eigenvalue weighted by atomic mass is 10.1. The number of amides is 1. The topological polar surface area (TPSA) is 72.2 Å². The molecule has 0 aromatic heterocycles. The average molecular weight is 312 g/mol. The molecule has 0 fully saturated rings. The summed E-state index contributed by atoms with van der Waals surface area (Å²) in [6, 6.07) is 1.93. The number of alkyl halides is 5. The van der Waals surface area contributed by atoms with Crippen LogP contribution in [0.2, 0.25) is 0 Å². The van der Waals surface area contributed by atoms with Crippen LogP contribution in [0.15, 0.2) is 12.1 Å². The van der Waals surface area contributed by atoms with Crippen LogP contribution in [0.25, 0.3) is 0 Å². The third-order valence-corrected chi connectivity index (χ3v) is 2.63. The van der Waals surface area contributed by atoms with Crippen LogP contribution in [0.4, 0.5) is 33.3 Å². The second-order valence-electron chi connectivity index (χ2n) is 4.24. The summed E-state index contributed by atoms with van der Waals surface area (Å²) in [5.41, 5.74) is -0.699.